The highest BCUT2D eigenvalue weighted by molar-refractivity contribution is 5.91. The highest BCUT2D eigenvalue weighted by atomic mass is 16.2. The van der Waals surface area contributed by atoms with Crippen LogP contribution in [0.15, 0.2) is 47.3 Å². The highest BCUT2D eigenvalue weighted by Crippen LogP contribution is 2.26. The summed E-state index contributed by atoms with van der Waals surface area (Å²) in [6.45, 7) is 3.47. The average molecular weight is 326 g/mol. The molecular formula is C18H22N4O2. The van der Waals surface area contributed by atoms with Crippen molar-refractivity contribution >= 4 is 5.91 Å². The quantitative estimate of drug-likeness (QED) is 0.890. The summed E-state index contributed by atoms with van der Waals surface area (Å²) >= 11 is 0. The Morgan fingerprint density at radius 2 is 2.04 bits per heavy atom. The fourth-order valence-electron chi connectivity index (χ4n) is 3.07. The molecule has 6 heteroatoms. The molecule has 3 rings (SSSR count). The molecule has 1 amide bonds. The van der Waals surface area contributed by atoms with Crippen molar-refractivity contribution in [2.24, 2.45) is 7.05 Å². The zero-order valence-electron chi connectivity index (χ0n) is 13.8. The smallest absolute Gasteiger partial charge is 0.271 e. The number of aryl methyl sites for hydroxylation is 1. The maximum atomic E-state index is 12.1. The molecule has 2 heterocycles. The van der Waals surface area contributed by atoms with E-state index in [9.17, 15) is 9.59 Å². The van der Waals surface area contributed by atoms with Crippen LogP contribution >= 0.6 is 0 Å². The average Bonchev–Trinajstić information content (AvgIpc) is 3.07. The Morgan fingerprint density at radius 1 is 1.25 bits per heavy atom. The number of nitrogens with zero attached hydrogens (tertiary/aromatic N) is 3. The molecular weight excluding hydrogens is 304 g/mol. The summed E-state index contributed by atoms with van der Waals surface area (Å²) in [6, 6.07) is 13.4. The van der Waals surface area contributed by atoms with Gasteiger partial charge in [0.05, 0.1) is 0 Å². The van der Waals surface area contributed by atoms with Gasteiger partial charge in [-0.3, -0.25) is 9.59 Å². The van der Waals surface area contributed by atoms with E-state index in [4.69, 9.17) is 0 Å². The van der Waals surface area contributed by atoms with Crippen molar-refractivity contribution in [3.05, 3.63) is 64.1 Å². The van der Waals surface area contributed by atoms with Gasteiger partial charge in [-0.2, -0.15) is 5.10 Å². The van der Waals surface area contributed by atoms with Crippen molar-refractivity contribution in [1.29, 1.82) is 0 Å². The van der Waals surface area contributed by atoms with E-state index in [1.54, 1.807) is 0 Å². The van der Waals surface area contributed by atoms with Gasteiger partial charge in [-0.25, -0.2) is 4.68 Å². The number of carbonyl (C=O) groups excluding carboxylic acids is 1. The van der Waals surface area contributed by atoms with Gasteiger partial charge in [-0.05, 0) is 30.5 Å². The first-order valence-corrected chi connectivity index (χ1v) is 8.23. The number of hydrogen-bond acceptors (Lipinski definition) is 4. The third-order valence-corrected chi connectivity index (χ3v) is 4.45. The molecule has 1 aromatic carbocycles. The molecule has 126 valence electrons. The molecule has 1 saturated heterocycles. The molecule has 1 N–H and O–H groups in total. The third kappa shape index (κ3) is 3.89. The van der Waals surface area contributed by atoms with Crippen LogP contribution in [0.1, 0.15) is 28.4 Å². The predicted octanol–water partition coefficient (Wildman–Crippen LogP) is 1.000. The Bertz CT molecular complexity index is 757. The zero-order valence-corrected chi connectivity index (χ0v) is 13.8. The van der Waals surface area contributed by atoms with Crippen LogP contribution in [0.5, 0.6) is 0 Å². The van der Waals surface area contributed by atoms with Crippen LogP contribution in [0.2, 0.25) is 0 Å². The van der Waals surface area contributed by atoms with Crippen molar-refractivity contribution in [2.75, 3.05) is 26.2 Å². The van der Waals surface area contributed by atoms with Gasteiger partial charge in [0.1, 0.15) is 5.69 Å². The molecule has 0 aliphatic carbocycles. The van der Waals surface area contributed by atoms with E-state index in [2.05, 4.69) is 39.6 Å². The Labute approximate surface area is 141 Å². The first kappa shape index (κ1) is 16.4. The molecule has 6 nitrogen and oxygen atoms in total. The number of rotatable bonds is 5. The maximum absolute atomic E-state index is 12.1. The van der Waals surface area contributed by atoms with Gasteiger partial charge in [-0.15, -0.1) is 0 Å². The minimum Gasteiger partial charge on any atom is -0.349 e. The van der Waals surface area contributed by atoms with Gasteiger partial charge in [0.15, 0.2) is 0 Å². The Balaban J connectivity index is 1.46. The van der Waals surface area contributed by atoms with E-state index in [1.807, 2.05) is 6.07 Å². The Hall–Kier alpha value is -2.47. The van der Waals surface area contributed by atoms with Crippen molar-refractivity contribution in [3.63, 3.8) is 0 Å². The number of aromatic nitrogens is 2. The molecule has 1 aliphatic rings. The van der Waals surface area contributed by atoms with Crippen LogP contribution in [0.4, 0.5) is 0 Å². The van der Waals surface area contributed by atoms with Gasteiger partial charge in [0.25, 0.3) is 11.5 Å². The van der Waals surface area contributed by atoms with E-state index in [-0.39, 0.29) is 17.2 Å². The fraction of sp³-hybridized carbons (Fsp3) is 0.389. The Kier molecular flexibility index (Phi) is 5.05. The number of nitrogens with one attached hydrogen (secondary N) is 1. The number of carbonyl (C=O) groups is 1. The summed E-state index contributed by atoms with van der Waals surface area (Å²) in [5.74, 6) is 0.330. The number of benzene rings is 1. The van der Waals surface area contributed by atoms with E-state index in [1.165, 1.54) is 29.4 Å². The largest absolute Gasteiger partial charge is 0.349 e. The first-order valence-electron chi connectivity index (χ1n) is 8.23. The molecule has 1 fully saturated rings. The molecule has 1 aliphatic heterocycles. The van der Waals surface area contributed by atoms with Crippen molar-refractivity contribution in [1.82, 2.24) is 20.0 Å². The normalized spacial score (nSPS) is 17.8. The minimum absolute atomic E-state index is 0.226. The SMILES string of the molecule is Cn1nc(C(=O)NCCN2CC[C@@H](c3ccccc3)C2)ccc1=O. The molecule has 0 bridgehead atoms. The van der Waals surface area contributed by atoms with E-state index in [0.29, 0.717) is 12.5 Å². The molecule has 0 unspecified atom stereocenters. The summed E-state index contributed by atoms with van der Waals surface area (Å²) in [5, 5.41) is 6.82. The fourth-order valence-corrected chi connectivity index (χ4v) is 3.07. The van der Waals surface area contributed by atoms with Crippen molar-refractivity contribution in [3.8, 4) is 0 Å². The van der Waals surface area contributed by atoms with Crippen LogP contribution in [0, 0.1) is 0 Å². The van der Waals surface area contributed by atoms with Crippen molar-refractivity contribution < 1.29 is 4.79 Å². The standard InChI is InChI=1S/C18H22N4O2/c1-21-17(23)8-7-16(20-21)18(24)19-10-12-22-11-9-15(13-22)14-5-3-2-4-6-14/h2-8,15H,9-13H2,1H3,(H,19,24)/t15-/m1/s1. The highest BCUT2D eigenvalue weighted by Gasteiger charge is 2.23. The lowest BCUT2D eigenvalue weighted by atomic mass is 9.99. The number of hydrogen-bond donors (Lipinski definition) is 1. The predicted molar refractivity (Wildman–Crippen MR) is 92.1 cm³/mol. The van der Waals surface area contributed by atoms with Crippen LogP contribution in [-0.2, 0) is 7.05 Å². The lowest BCUT2D eigenvalue weighted by molar-refractivity contribution is 0.0942. The van der Waals surface area contributed by atoms with Crippen LogP contribution < -0.4 is 10.9 Å². The third-order valence-electron chi connectivity index (χ3n) is 4.45. The second kappa shape index (κ2) is 7.40. The molecule has 1 atom stereocenters. The molecule has 2 aromatic rings. The summed E-state index contributed by atoms with van der Waals surface area (Å²) in [5.41, 5.74) is 1.43. The van der Waals surface area contributed by atoms with E-state index in [0.717, 1.165) is 26.1 Å². The molecule has 0 radical (unpaired) electrons. The van der Waals surface area contributed by atoms with Crippen molar-refractivity contribution in [2.45, 2.75) is 12.3 Å². The summed E-state index contributed by atoms with van der Waals surface area (Å²) < 4.78 is 1.17. The van der Waals surface area contributed by atoms with Gasteiger partial charge >= 0.3 is 0 Å². The van der Waals surface area contributed by atoms with Gasteiger partial charge in [0.2, 0.25) is 0 Å². The second-order valence-electron chi connectivity index (χ2n) is 6.13. The first-order chi connectivity index (χ1) is 11.6. The summed E-state index contributed by atoms with van der Waals surface area (Å²) in [6.07, 6.45) is 1.15. The van der Waals surface area contributed by atoms with Crippen LogP contribution in [0.3, 0.4) is 0 Å². The monoisotopic (exact) mass is 326 g/mol. The molecule has 1 aromatic heterocycles. The van der Waals surface area contributed by atoms with Gasteiger partial charge in [0, 0.05) is 32.7 Å². The summed E-state index contributed by atoms with van der Waals surface area (Å²) in [4.78, 5) is 25.7. The summed E-state index contributed by atoms with van der Waals surface area (Å²) in [7, 11) is 1.53. The molecule has 0 saturated carbocycles. The van der Waals surface area contributed by atoms with Crippen LogP contribution in [0.25, 0.3) is 0 Å². The molecule has 24 heavy (non-hydrogen) atoms. The molecule has 0 spiro atoms. The topological polar surface area (TPSA) is 67.2 Å². The van der Waals surface area contributed by atoms with E-state index < -0.39 is 0 Å². The van der Waals surface area contributed by atoms with Gasteiger partial charge in [-0.1, -0.05) is 30.3 Å². The lowest BCUT2D eigenvalue weighted by Gasteiger charge is -2.16. The lowest BCUT2D eigenvalue weighted by Crippen LogP contribution is -2.35. The van der Waals surface area contributed by atoms with E-state index >= 15 is 0 Å². The zero-order chi connectivity index (χ0) is 16.9. The minimum atomic E-state index is -0.246. The maximum Gasteiger partial charge on any atom is 0.271 e. The Morgan fingerprint density at radius 3 is 2.79 bits per heavy atom. The number of amides is 1. The van der Waals surface area contributed by atoms with Crippen LogP contribution in [-0.4, -0.2) is 46.8 Å². The second-order valence-corrected chi connectivity index (χ2v) is 6.13. The number of likely N-dealkylation sites (tertiary alicyclic amines) is 1. The van der Waals surface area contributed by atoms with Gasteiger partial charge < -0.3 is 10.2 Å².